The Morgan fingerprint density at radius 2 is 1.95 bits per heavy atom. The molecule has 0 fully saturated rings. The number of rotatable bonds is 10. The third-order valence-electron chi connectivity index (χ3n) is 3.00. The molecule has 1 aromatic rings. The minimum Gasteiger partial charge on any atom is -0.478 e. The fourth-order valence-corrected chi connectivity index (χ4v) is 2.89. The Kier molecular flexibility index (Phi) is 7.30. The lowest BCUT2D eigenvalue weighted by Crippen LogP contribution is -2.25. The molecule has 0 radical (unpaired) electrons. The number of carboxylic acids is 1. The van der Waals surface area contributed by atoms with Gasteiger partial charge in [0.15, 0.2) is 0 Å². The number of hydrogen-bond acceptors (Lipinski definition) is 5. The highest BCUT2D eigenvalue weighted by molar-refractivity contribution is 7.89. The maximum absolute atomic E-state index is 12.0. The number of carbonyl (C=O) groups is 1. The van der Waals surface area contributed by atoms with Crippen LogP contribution in [0.2, 0.25) is 0 Å². The maximum Gasteiger partial charge on any atom is 0.337 e. The van der Waals surface area contributed by atoms with E-state index in [2.05, 4.69) is 10.0 Å². The van der Waals surface area contributed by atoms with Crippen molar-refractivity contribution in [3.05, 3.63) is 23.8 Å². The maximum atomic E-state index is 12.0. The second-order valence-corrected chi connectivity index (χ2v) is 6.53. The molecule has 0 aliphatic carbocycles. The van der Waals surface area contributed by atoms with Crippen LogP contribution in [-0.2, 0) is 10.0 Å². The van der Waals surface area contributed by atoms with Gasteiger partial charge in [-0.15, -0.1) is 0 Å². The van der Waals surface area contributed by atoms with Crippen molar-refractivity contribution in [2.24, 2.45) is 0 Å². The van der Waals surface area contributed by atoms with Crippen molar-refractivity contribution in [2.75, 3.05) is 25.0 Å². The quantitative estimate of drug-likeness (QED) is 0.480. The van der Waals surface area contributed by atoms with E-state index in [0.717, 1.165) is 18.9 Å². The molecular weight excluding hydrogens is 308 g/mol. The van der Waals surface area contributed by atoms with Gasteiger partial charge in [-0.25, -0.2) is 17.9 Å². The summed E-state index contributed by atoms with van der Waals surface area (Å²) in [5.41, 5.74) is 0.316. The Morgan fingerprint density at radius 1 is 1.23 bits per heavy atom. The smallest absolute Gasteiger partial charge is 0.337 e. The van der Waals surface area contributed by atoms with Crippen LogP contribution in [0.15, 0.2) is 23.1 Å². The molecule has 0 bridgehead atoms. The molecule has 0 aliphatic rings. The predicted octanol–water partition coefficient (Wildman–Crippen LogP) is 1.26. The number of anilines is 1. The molecule has 7 nitrogen and oxygen atoms in total. The number of aromatic carboxylic acids is 1. The standard InChI is InChI=1S/C14H22N2O5S/c1-2-3-7-15-13-6-5-11(10-12(13)14(18)19)22(20,21)16-8-4-9-17/h5-6,10,15-17H,2-4,7-9H2,1H3,(H,18,19). The number of aliphatic hydroxyl groups excluding tert-OH is 1. The summed E-state index contributed by atoms with van der Waals surface area (Å²) in [6.45, 7) is 2.62. The van der Waals surface area contributed by atoms with Gasteiger partial charge in [0.25, 0.3) is 0 Å². The summed E-state index contributed by atoms with van der Waals surface area (Å²) in [5.74, 6) is -1.19. The summed E-state index contributed by atoms with van der Waals surface area (Å²) in [5, 5.41) is 20.9. The Labute approximate surface area is 130 Å². The molecule has 22 heavy (non-hydrogen) atoms. The van der Waals surface area contributed by atoms with Crippen molar-refractivity contribution in [3.8, 4) is 0 Å². The van der Waals surface area contributed by atoms with E-state index in [-0.39, 0.29) is 23.6 Å². The van der Waals surface area contributed by atoms with Gasteiger partial charge in [-0.2, -0.15) is 0 Å². The third kappa shape index (κ3) is 5.28. The van der Waals surface area contributed by atoms with Crippen molar-refractivity contribution < 1.29 is 23.4 Å². The van der Waals surface area contributed by atoms with Gasteiger partial charge in [0.1, 0.15) is 0 Å². The number of nitrogens with one attached hydrogen (secondary N) is 2. The van der Waals surface area contributed by atoms with Crippen LogP contribution in [0.5, 0.6) is 0 Å². The number of sulfonamides is 1. The van der Waals surface area contributed by atoms with Crippen LogP contribution in [0, 0.1) is 0 Å². The Morgan fingerprint density at radius 3 is 2.55 bits per heavy atom. The monoisotopic (exact) mass is 330 g/mol. The molecule has 124 valence electrons. The van der Waals surface area contributed by atoms with Crippen LogP contribution in [0.4, 0.5) is 5.69 Å². The van der Waals surface area contributed by atoms with E-state index >= 15 is 0 Å². The molecule has 1 rings (SSSR count). The summed E-state index contributed by atoms with van der Waals surface area (Å²) in [4.78, 5) is 11.2. The highest BCUT2D eigenvalue weighted by Gasteiger charge is 2.18. The minimum absolute atomic E-state index is 0.0823. The molecule has 0 amide bonds. The van der Waals surface area contributed by atoms with Crippen LogP contribution in [0.3, 0.4) is 0 Å². The molecule has 0 unspecified atom stereocenters. The Bertz CT molecular complexity index is 601. The lowest BCUT2D eigenvalue weighted by Gasteiger charge is -2.12. The molecule has 0 spiro atoms. The van der Waals surface area contributed by atoms with Crippen LogP contribution in [0.25, 0.3) is 0 Å². The molecule has 0 saturated carbocycles. The van der Waals surface area contributed by atoms with Gasteiger partial charge >= 0.3 is 5.97 Å². The molecule has 1 aromatic carbocycles. The number of hydrogen-bond donors (Lipinski definition) is 4. The van der Waals surface area contributed by atoms with Gasteiger partial charge < -0.3 is 15.5 Å². The number of aliphatic hydroxyl groups is 1. The second kappa shape index (κ2) is 8.72. The van der Waals surface area contributed by atoms with E-state index in [1.165, 1.54) is 12.1 Å². The van der Waals surface area contributed by atoms with Crippen molar-refractivity contribution in [1.82, 2.24) is 4.72 Å². The zero-order chi connectivity index (χ0) is 16.6. The fourth-order valence-electron chi connectivity index (χ4n) is 1.79. The highest BCUT2D eigenvalue weighted by atomic mass is 32.2. The van der Waals surface area contributed by atoms with E-state index < -0.39 is 16.0 Å². The van der Waals surface area contributed by atoms with Gasteiger partial charge in [-0.1, -0.05) is 13.3 Å². The molecule has 0 aromatic heterocycles. The average Bonchev–Trinajstić information content (AvgIpc) is 2.47. The molecule has 0 heterocycles. The highest BCUT2D eigenvalue weighted by Crippen LogP contribution is 2.21. The summed E-state index contributed by atoms with van der Waals surface area (Å²) >= 11 is 0. The van der Waals surface area contributed by atoms with Crippen LogP contribution < -0.4 is 10.0 Å². The van der Waals surface area contributed by atoms with Gasteiger partial charge in [-0.05, 0) is 31.0 Å². The SMILES string of the molecule is CCCCNc1ccc(S(=O)(=O)NCCCO)cc1C(=O)O. The normalized spacial score (nSPS) is 11.4. The topological polar surface area (TPSA) is 116 Å². The zero-order valence-electron chi connectivity index (χ0n) is 12.5. The molecule has 0 saturated heterocycles. The largest absolute Gasteiger partial charge is 0.478 e. The molecule has 4 N–H and O–H groups in total. The summed E-state index contributed by atoms with van der Waals surface area (Å²) in [6.07, 6.45) is 2.15. The van der Waals surface area contributed by atoms with E-state index in [4.69, 9.17) is 5.11 Å². The van der Waals surface area contributed by atoms with Crippen LogP contribution in [-0.4, -0.2) is 44.3 Å². The first-order chi connectivity index (χ1) is 10.4. The van der Waals surface area contributed by atoms with Gasteiger partial charge in [0.05, 0.1) is 10.5 Å². The van der Waals surface area contributed by atoms with Gasteiger partial charge in [-0.3, -0.25) is 0 Å². The first-order valence-corrected chi connectivity index (χ1v) is 8.62. The molecule has 0 atom stereocenters. The van der Waals surface area contributed by atoms with E-state index in [9.17, 15) is 18.3 Å². The van der Waals surface area contributed by atoms with Crippen molar-refractivity contribution >= 4 is 21.7 Å². The summed E-state index contributed by atoms with van der Waals surface area (Å²) < 4.78 is 26.4. The van der Waals surface area contributed by atoms with E-state index in [0.29, 0.717) is 18.7 Å². The number of carboxylic acid groups (broad SMARTS) is 1. The lowest BCUT2D eigenvalue weighted by molar-refractivity contribution is 0.0697. The van der Waals surface area contributed by atoms with Crippen molar-refractivity contribution in [1.29, 1.82) is 0 Å². The third-order valence-corrected chi connectivity index (χ3v) is 4.46. The minimum atomic E-state index is -3.78. The second-order valence-electron chi connectivity index (χ2n) is 4.77. The fraction of sp³-hybridized carbons (Fsp3) is 0.500. The predicted molar refractivity (Wildman–Crippen MR) is 83.7 cm³/mol. The van der Waals surface area contributed by atoms with E-state index in [1.807, 2.05) is 6.92 Å². The van der Waals surface area contributed by atoms with Crippen molar-refractivity contribution in [2.45, 2.75) is 31.1 Å². The Hall–Kier alpha value is -1.64. The molecular formula is C14H22N2O5S. The van der Waals surface area contributed by atoms with Gasteiger partial charge in [0, 0.05) is 25.4 Å². The summed E-state index contributed by atoms with van der Waals surface area (Å²) in [7, 11) is -3.78. The van der Waals surface area contributed by atoms with E-state index in [1.54, 1.807) is 0 Å². The van der Waals surface area contributed by atoms with Crippen molar-refractivity contribution in [3.63, 3.8) is 0 Å². The zero-order valence-corrected chi connectivity index (χ0v) is 13.3. The molecule has 8 heteroatoms. The summed E-state index contributed by atoms with van der Waals surface area (Å²) in [6, 6.07) is 3.96. The van der Waals surface area contributed by atoms with Crippen LogP contribution in [0.1, 0.15) is 36.5 Å². The average molecular weight is 330 g/mol. The molecule has 0 aliphatic heterocycles. The first-order valence-electron chi connectivity index (χ1n) is 7.14. The lowest BCUT2D eigenvalue weighted by atomic mass is 10.1. The first kappa shape index (κ1) is 18.4. The number of unbranched alkanes of at least 4 members (excludes halogenated alkanes) is 1. The number of benzene rings is 1. The Balaban J connectivity index is 2.99. The van der Waals surface area contributed by atoms with Gasteiger partial charge in [0.2, 0.25) is 10.0 Å². The van der Waals surface area contributed by atoms with Crippen LogP contribution >= 0.6 is 0 Å².